The summed E-state index contributed by atoms with van der Waals surface area (Å²) < 4.78 is 34.1. The van der Waals surface area contributed by atoms with Crippen LogP contribution in [0.3, 0.4) is 0 Å². The van der Waals surface area contributed by atoms with E-state index in [0.717, 1.165) is 12.1 Å². The second kappa shape index (κ2) is 12.3. The molecule has 0 spiro atoms. The molecule has 14 heteroatoms. The van der Waals surface area contributed by atoms with E-state index in [1.54, 1.807) is 42.1 Å². The minimum Gasteiger partial charge on any atom is -0.481 e. The average Bonchev–Trinajstić information content (AvgIpc) is 3.62. The van der Waals surface area contributed by atoms with E-state index < -0.39 is 35.0 Å². The lowest BCUT2D eigenvalue weighted by molar-refractivity contribution is -0.147. The number of amidine groups is 1. The van der Waals surface area contributed by atoms with Gasteiger partial charge in [-0.3, -0.25) is 14.7 Å². The van der Waals surface area contributed by atoms with Crippen molar-refractivity contribution in [1.82, 2.24) is 25.0 Å². The number of piperazine rings is 1. The number of benzene rings is 1. The van der Waals surface area contributed by atoms with Crippen LogP contribution < -0.4 is 5.32 Å². The maximum Gasteiger partial charge on any atom is 0.338 e. The summed E-state index contributed by atoms with van der Waals surface area (Å²) in [7, 11) is 0. The van der Waals surface area contributed by atoms with Gasteiger partial charge in [0.1, 0.15) is 6.04 Å². The molecule has 4 heterocycles. The van der Waals surface area contributed by atoms with Gasteiger partial charge in [-0.25, -0.2) is 23.4 Å². The molecular formula is C30H32F2N6O5S. The molecule has 1 aromatic carbocycles. The number of aliphatic carboxylic acids is 1. The second-order valence-electron chi connectivity index (χ2n) is 11.4. The van der Waals surface area contributed by atoms with Gasteiger partial charge in [-0.15, -0.1) is 17.8 Å². The van der Waals surface area contributed by atoms with Crippen molar-refractivity contribution in [3.63, 3.8) is 0 Å². The summed E-state index contributed by atoms with van der Waals surface area (Å²) in [5.74, 6) is -1.21. The van der Waals surface area contributed by atoms with Gasteiger partial charge in [0.15, 0.2) is 22.5 Å². The van der Waals surface area contributed by atoms with Gasteiger partial charge in [0.05, 0.1) is 23.6 Å². The van der Waals surface area contributed by atoms with Crippen molar-refractivity contribution in [2.75, 3.05) is 45.9 Å². The molecule has 0 bridgehead atoms. The summed E-state index contributed by atoms with van der Waals surface area (Å²) in [6, 6.07) is 0.342. The molecule has 0 saturated carbocycles. The van der Waals surface area contributed by atoms with E-state index in [2.05, 4.69) is 21.1 Å². The first kappa shape index (κ1) is 31.1. The average molecular weight is 627 g/mol. The molecule has 2 N–H and O–H groups in total. The highest BCUT2D eigenvalue weighted by Gasteiger charge is 2.44. The lowest BCUT2D eigenvalue weighted by Crippen LogP contribution is -2.53. The SMILES string of the molecule is C#Cc1cc(F)c(F)cc1[C@@H]1N=C(c2nccs2)NC(CN2CCN3C(=O)N(CC(C)(C)C(=O)O)C[C@@H]3C2)=C1C(=O)OCC. The zero-order chi connectivity index (χ0) is 31.8. The van der Waals surface area contributed by atoms with Gasteiger partial charge in [-0.1, -0.05) is 5.92 Å². The Kier molecular flexibility index (Phi) is 8.71. The number of halogens is 2. The molecule has 232 valence electrons. The normalized spacial score (nSPS) is 20.6. The van der Waals surface area contributed by atoms with E-state index in [0.29, 0.717) is 42.7 Å². The number of esters is 1. The third kappa shape index (κ3) is 6.02. The van der Waals surface area contributed by atoms with E-state index >= 15 is 0 Å². The zero-order valence-electron chi connectivity index (χ0n) is 24.5. The number of rotatable bonds is 9. The number of hydrogen-bond donors (Lipinski definition) is 2. The van der Waals surface area contributed by atoms with Crippen LogP contribution in [0, 0.1) is 29.4 Å². The quantitative estimate of drug-likeness (QED) is 0.322. The van der Waals surface area contributed by atoms with Crippen LogP contribution in [0.2, 0.25) is 0 Å². The van der Waals surface area contributed by atoms with Crippen LogP contribution in [0.25, 0.3) is 0 Å². The standard InChI is InChI=1S/C30H32F2N6O5S/c1-5-17-11-20(31)21(32)12-19(17)24-23(27(39)43-6-2)22(34-25(35-24)26-33-7-10-44-26)15-36-8-9-38-18(13-36)14-37(29(38)42)16-30(3,4)28(40)41/h1,7,10-12,18,24H,6,8-9,13-16H2,2-4H3,(H,34,35)(H,40,41)/t18-,24-/m0/s1. The van der Waals surface area contributed by atoms with Crippen LogP contribution in [0.15, 0.2) is 40.0 Å². The Morgan fingerprint density at radius 3 is 2.66 bits per heavy atom. The van der Waals surface area contributed by atoms with E-state index in [4.69, 9.17) is 16.2 Å². The first-order valence-corrected chi connectivity index (χ1v) is 14.9. The van der Waals surface area contributed by atoms with E-state index in [-0.39, 0.29) is 48.5 Å². The number of carboxylic acids is 1. The second-order valence-corrected chi connectivity index (χ2v) is 12.3. The number of carbonyl (C=O) groups excluding carboxylic acids is 2. The molecule has 2 aromatic rings. The smallest absolute Gasteiger partial charge is 0.338 e. The molecule has 11 nitrogen and oxygen atoms in total. The number of fused-ring (bicyclic) bond motifs is 1. The third-order valence-corrected chi connectivity index (χ3v) is 8.64. The van der Waals surface area contributed by atoms with Crippen molar-refractivity contribution in [2.24, 2.45) is 10.4 Å². The molecule has 2 fully saturated rings. The van der Waals surface area contributed by atoms with E-state index in [1.165, 1.54) is 11.3 Å². The molecule has 1 aromatic heterocycles. The molecule has 5 rings (SSSR count). The van der Waals surface area contributed by atoms with Crippen LogP contribution in [-0.4, -0.2) is 101 Å². The van der Waals surface area contributed by atoms with Crippen molar-refractivity contribution in [3.8, 4) is 12.3 Å². The number of aromatic nitrogens is 1. The van der Waals surface area contributed by atoms with Crippen LogP contribution >= 0.6 is 11.3 Å². The number of thiazole rings is 1. The lowest BCUT2D eigenvalue weighted by atomic mass is 9.91. The molecule has 0 radical (unpaired) electrons. The number of aliphatic imine (C=N–C) groups is 1. The lowest BCUT2D eigenvalue weighted by Gasteiger charge is -2.38. The fourth-order valence-corrected chi connectivity index (χ4v) is 6.23. The topological polar surface area (TPSA) is 128 Å². The Morgan fingerprint density at radius 1 is 1.25 bits per heavy atom. The highest BCUT2D eigenvalue weighted by atomic mass is 32.1. The maximum absolute atomic E-state index is 14.6. The predicted molar refractivity (Wildman–Crippen MR) is 158 cm³/mol. The molecule has 2 amide bonds. The summed E-state index contributed by atoms with van der Waals surface area (Å²) in [6.07, 6.45) is 7.27. The Hall–Kier alpha value is -4.35. The van der Waals surface area contributed by atoms with Crippen LogP contribution in [0.4, 0.5) is 13.6 Å². The number of ether oxygens (including phenoxy) is 1. The molecule has 3 aliphatic heterocycles. The summed E-state index contributed by atoms with van der Waals surface area (Å²) in [4.78, 5) is 52.7. The summed E-state index contributed by atoms with van der Waals surface area (Å²) in [6.45, 7) is 6.86. The molecule has 2 atom stereocenters. The van der Waals surface area contributed by atoms with Gasteiger partial charge in [0.25, 0.3) is 0 Å². The molecule has 44 heavy (non-hydrogen) atoms. The van der Waals surface area contributed by atoms with Crippen LogP contribution in [0.5, 0.6) is 0 Å². The Balaban J connectivity index is 1.49. The van der Waals surface area contributed by atoms with Crippen molar-refractivity contribution in [2.45, 2.75) is 32.9 Å². The number of amides is 2. The van der Waals surface area contributed by atoms with Gasteiger partial charge in [0, 0.05) is 67.7 Å². The number of carbonyl (C=O) groups is 3. The number of terminal acetylenes is 1. The number of nitrogens with one attached hydrogen (secondary N) is 1. The van der Waals surface area contributed by atoms with E-state index in [9.17, 15) is 28.3 Å². The summed E-state index contributed by atoms with van der Waals surface area (Å²) in [5.41, 5.74) is -0.396. The minimum absolute atomic E-state index is 0.0432. The van der Waals surface area contributed by atoms with Crippen molar-refractivity contribution < 1.29 is 33.0 Å². The predicted octanol–water partition coefficient (Wildman–Crippen LogP) is 2.84. The monoisotopic (exact) mass is 626 g/mol. The van der Waals surface area contributed by atoms with Crippen molar-refractivity contribution in [3.05, 3.63) is 62.7 Å². The zero-order valence-corrected chi connectivity index (χ0v) is 25.3. The van der Waals surface area contributed by atoms with Crippen LogP contribution in [0.1, 0.15) is 42.9 Å². The largest absolute Gasteiger partial charge is 0.481 e. The summed E-state index contributed by atoms with van der Waals surface area (Å²) in [5, 5.41) is 15.1. The highest BCUT2D eigenvalue weighted by Crippen LogP contribution is 2.36. The van der Waals surface area contributed by atoms with Gasteiger partial charge in [-0.05, 0) is 32.9 Å². The minimum atomic E-state index is -1.13. The Morgan fingerprint density at radius 2 is 2.00 bits per heavy atom. The first-order valence-electron chi connectivity index (χ1n) is 14.0. The number of carboxylic acid groups (broad SMARTS) is 1. The summed E-state index contributed by atoms with van der Waals surface area (Å²) >= 11 is 1.31. The van der Waals surface area contributed by atoms with Gasteiger partial charge in [-0.2, -0.15) is 0 Å². The van der Waals surface area contributed by atoms with Crippen molar-refractivity contribution in [1.29, 1.82) is 0 Å². The van der Waals surface area contributed by atoms with Gasteiger partial charge in [0.2, 0.25) is 0 Å². The van der Waals surface area contributed by atoms with E-state index in [1.807, 2.05) is 0 Å². The number of nitrogens with zero attached hydrogens (tertiary/aromatic N) is 5. The van der Waals surface area contributed by atoms with Gasteiger partial charge >= 0.3 is 18.0 Å². The van der Waals surface area contributed by atoms with Gasteiger partial charge < -0.3 is 25.0 Å². The fraction of sp³-hybridized carbons (Fsp3) is 0.433. The third-order valence-electron chi connectivity index (χ3n) is 7.86. The molecule has 3 aliphatic rings. The number of urea groups is 1. The first-order chi connectivity index (χ1) is 20.9. The molecule has 0 aliphatic carbocycles. The molecule has 2 saturated heterocycles. The molecular weight excluding hydrogens is 594 g/mol. The van der Waals surface area contributed by atoms with Crippen molar-refractivity contribution >= 4 is 35.1 Å². The highest BCUT2D eigenvalue weighted by molar-refractivity contribution is 7.11. The fourth-order valence-electron chi connectivity index (χ4n) is 5.64. The number of hydrogen-bond acceptors (Lipinski definition) is 9. The Labute approximate surface area is 257 Å². The maximum atomic E-state index is 14.6. The molecule has 0 unspecified atom stereocenters. The Bertz CT molecular complexity index is 1580. The van der Waals surface area contributed by atoms with Crippen LogP contribution in [-0.2, 0) is 14.3 Å².